The molecule has 14 rings (SSSR count). The Kier molecular flexibility index (Phi) is 11.0. The lowest BCUT2D eigenvalue weighted by Gasteiger charge is -2.34. The second kappa shape index (κ2) is 18.6. The van der Waals surface area contributed by atoms with Crippen molar-refractivity contribution in [2.24, 2.45) is 0 Å². The summed E-state index contributed by atoms with van der Waals surface area (Å²) in [6, 6.07) is 104. The quantitative estimate of drug-likeness (QED) is 0.0955. The van der Waals surface area contributed by atoms with Crippen LogP contribution in [0.25, 0.3) is 88.4 Å². The van der Waals surface area contributed by atoms with Gasteiger partial charge in [0.2, 0.25) is 0 Å². The highest BCUT2D eigenvalue weighted by molar-refractivity contribution is 7.19. The lowest BCUT2D eigenvalue weighted by atomic mass is 9.89. The van der Waals surface area contributed by atoms with E-state index in [4.69, 9.17) is 0 Å². The maximum Gasteiger partial charge on any atom is 0.179 e. The van der Waals surface area contributed by atoms with Crippen molar-refractivity contribution in [3.8, 4) is 33.6 Å². The number of benzene rings is 11. The lowest BCUT2D eigenvalue weighted by molar-refractivity contribution is 1.07. The minimum atomic E-state index is -2.70. The minimum absolute atomic E-state index is 0.980. The number of hydrogen-bond donors (Lipinski definition) is 0. The van der Waals surface area contributed by atoms with Gasteiger partial charge in [-0.3, -0.25) is 0 Å². The van der Waals surface area contributed by atoms with E-state index in [0.29, 0.717) is 0 Å². The summed E-state index contributed by atoms with van der Waals surface area (Å²) in [5.74, 6) is 0. The largest absolute Gasteiger partial charge is 0.309 e. The monoisotopic (exact) mass is 972 g/mol. The normalized spacial score (nSPS) is 12.9. The number of allylic oxidation sites excluding steroid dienone is 4. The Hall–Kier alpha value is -9.28. The molecule has 2 nitrogen and oxygen atoms in total. The minimum Gasteiger partial charge on any atom is -0.309 e. The summed E-state index contributed by atoms with van der Waals surface area (Å²) >= 11 is 0. The van der Waals surface area contributed by atoms with Crippen LogP contribution < -0.4 is 20.7 Å². The molecule has 0 saturated heterocycles. The van der Waals surface area contributed by atoms with E-state index in [-0.39, 0.29) is 0 Å². The molecule has 0 aliphatic heterocycles. The van der Waals surface area contributed by atoms with Gasteiger partial charge in [0.15, 0.2) is 8.07 Å². The molecule has 0 unspecified atom stereocenters. The van der Waals surface area contributed by atoms with Gasteiger partial charge in [0.25, 0.3) is 0 Å². The average molecular weight is 973 g/mol. The number of hydrogen-bond acceptors (Lipinski definition) is 0. The Bertz CT molecular complexity index is 4220. The van der Waals surface area contributed by atoms with Crippen molar-refractivity contribution in [1.82, 2.24) is 9.13 Å². The first-order chi connectivity index (χ1) is 37.2. The van der Waals surface area contributed by atoms with E-state index in [1.54, 1.807) is 0 Å². The molecule has 0 atom stereocenters. The fourth-order valence-corrected chi connectivity index (χ4v) is 17.1. The van der Waals surface area contributed by atoms with E-state index in [0.717, 1.165) is 18.5 Å². The number of fused-ring (bicyclic) bond motifs is 6. The van der Waals surface area contributed by atoms with E-state index in [2.05, 4.69) is 300 Å². The van der Waals surface area contributed by atoms with Gasteiger partial charge in [-0.05, 0) is 139 Å². The lowest BCUT2D eigenvalue weighted by Crippen LogP contribution is -2.74. The van der Waals surface area contributed by atoms with Crippen molar-refractivity contribution in [1.29, 1.82) is 0 Å². The molecule has 0 radical (unpaired) electrons. The Morgan fingerprint density at radius 3 is 1.15 bits per heavy atom. The fraction of sp³-hybridized carbons (Fsp3) is 0.0278. The fourth-order valence-electron chi connectivity index (χ4n) is 12.3. The highest BCUT2D eigenvalue weighted by Gasteiger charge is 2.41. The summed E-state index contributed by atoms with van der Waals surface area (Å²) < 4.78 is 4.87. The predicted octanol–water partition coefficient (Wildman–Crippen LogP) is 15.9. The summed E-state index contributed by atoms with van der Waals surface area (Å²) in [7, 11) is -2.70. The van der Waals surface area contributed by atoms with Gasteiger partial charge in [-0.15, -0.1) is 0 Å². The molecule has 75 heavy (non-hydrogen) atoms. The highest BCUT2D eigenvalue weighted by Crippen LogP contribution is 2.40. The number of rotatable bonds is 10. The van der Waals surface area contributed by atoms with E-state index >= 15 is 0 Å². The molecule has 0 bridgehead atoms. The van der Waals surface area contributed by atoms with Crippen molar-refractivity contribution in [3.05, 3.63) is 302 Å². The highest BCUT2D eigenvalue weighted by atomic mass is 28.3. The topological polar surface area (TPSA) is 9.86 Å². The molecule has 0 spiro atoms. The molecule has 2 heterocycles. The SMILES string of the molecule is C1=C(c2ccc3c(c2)c2ccccc2n3-c2ccc(-c3ccccc3)cc2)CCC(c2ccc3c(c2)c2ccccc2n3-c2cccc(-c3cccc([Si](c4ccccc4)(c4ccccc4)c4ccccc4)c3)c2)=C1. The molecular weight excluding hydrogens is 921 g/mol. The van der Waals surface area contributed by atoms with Crippen LogP contribution in [0, 0.1) is 0 Å². The Labute approximate surface area is 439 Å². The number of aromatic nitrogens is 2. The molecular formula is C72H52N2Si. The molecule has 1 aliphatic carbocycles. The maximum atomic E-state index is 2.47. The third-order valence-electron chi connectivity index (χ3n) is 15.8. The summed E-state index contributed by atoms with van der Waals surface area (Å²) in [4.78, 5) is 0. The Morgan fingerprint density at radius 1 is 0.240 bits per heavy atom. The zero-order chi connectivity index (χ0) is 49.7. The average Bonchev–Trinajstić information content (AvgIpc) is 4.04. The smallest absolute Gasteiger partial charge is 0.179 e. The number of nitrogens with zero attached hydrogens (tertiary/aromatic N) is 2. The van der Waals surface area contributed by atoms with Crippen LogP contribution in [-0.2, 0) is 0 Å². The Morgan fingerprint density at radius 2 is 0.627 bits per heavy atom. The summed E-state index contributed by atoms with van der Waals surface area (Å²) in [5.41, 5.74) is 17.4. The van der Waals surface area contributed by atoms with Crippen LogP contribution in [-0.4, -0.2) is 17.2 Å². The zero-order valence-electron chi connectivity index (χ0n) is 41.5. The van der Waals surface area contributed by atoms with Crippen LogP contribution in [0.2, 0.25) is 0 Å². The van der Waals surface area contributed by atoms with Crippen LogP contribution in [0.5, 0.6) is 0 Å². The molecule has 0 fully saturated rings. The second-order valence-electron chi connectivity index (χ2n) is 19.9. The van der Waals surface area contributed by atoms with E-state index in [1.807, 2.05) is 0 Å². The van der Waals surface area contributed by atoms with Crippen molar-refractivity contribution < 1.29 is 0 Å². The van der Waals surface area contributed by atoms with Gasteiger partial charge in [-0.25, -0.2) is 0 Å². The number of para-hydroxylation sites is 2. The van der Waals surface area contributed by atoms with Gasteiger partial charge >= 0.3 is 0 Å². The van der Waals surface area contributed by atoms with Crippen LogP contribution in [0.4, 0.5) is 0 Å². The first-order valence-electron chi connectivity index (χ1n) is 26.2. The van der Waals surface area contributed by atoms with Crippen molar-refractivity contribution in [3.63, 3.8) is 0 Å². The van der Waals surface area contributed by atoms with Gasteiger partial charge in [-0.2, -0.15) is 0 Å². The molecule has 11 aromatic carbocycles. The molecule has 3 heteroatoms. The van der Waals surface area contributed by atoms with E-state index in [9.17, 15) is 0 Å². The summed E-state index contributed by atoms with van der Waals surface area (Å²) in [6.07, 6.45) is 6.69. The van der Waals surface area contributed by atoms with Crippen LogP contribution in [0.3, 0.4) is 0 Å². The molecule has 0 N–H and O–H groups in total. The van der Waals surface area contributed by atoms with Crippen molar-refractivity contribution in [2.75, 3.05) is 0 Å². The second-order valence-corrected chi connectivity index (χ2v) is 23.8. The van der Waals surface area contributed by atoms with Crippen molar-refractivity contribution >= 4 is 83.6 Å². The van der Waals surface area contributed by atoms with Gasteiger partial charge in [0.1, 0.15) is 0 Å². The zero-order valence-corrected chi connectivity index (χ0v) is 42.5. The third kappa shape index (κ3) is 7.62. The maximum absolute atomic E-state index is 2.70. The van der Waals surface area contributed by atoms with E-state index < -0.39 is 8.07 Å². The molecule has 354 valence electrons. The molecule has 2 aromatic heterocycles. The predicted molar refractivity (Wildman–Crippen MR) is 321 cm³/mol. The molecule has 0 amide bonds. The van der Waals surface area contributed by atoms with Gasteiger partial charge in [0.05, 0.1) is 22.1 Å². The van der Waals surface area contributed by atoms with Crippen LogP contribution in [0.15, 0.2) is 291 Å². The van der Waals surface area contributed by atoms with Gasteiger partial charge < -0.3 is 9.13 Å². The van der Waals surface area contributed by atoms with Gasteiger partial charge in [-0.1, -0.05) is 231 Å². The molecule has 13 aromatic rings. The first kappa shape index (κ1) is 44.4. The van der Waals surface area contributed by atoms with Crippen LogP contribution in [0.1, 0.15) is 24.0 Å². The first-order valence-corrected chi connectivity index (χ1v) is 28.2. The summed E-state index contributed by atoms with van der Waals surface area (Å²) in [6.45, 7) is 0. The Balaban J connectivity index is 0.802. The van der Waals surface area contributed by atoms with Crippen LogP contribution >= 0.6 is 0 Å². The molecule has 0 saturated carbocycles. The molecule has 1 aliphatic rings. The van der Waals surface area contributed by atoms with Crippen molar-refractivity contribution in [2.45, 2.75) is 12.8 Å². The third-order valence-corrected chi connectivity index (χ3v) is 20.6. The standard InChI is InChI=1S/C72H52N2Si/c1-5-19-51(20-6-1)52-39-43-59(44-40-52)73-69-33-15-13-31-65(69)67-49-57(41-45-71(67)73)53-35-37-54(38-36-53)58-42-46-72-68(50-58)66-32-14-16-34-70(66)74(72)60-23-17-21-55(47-60)56-22-18-30-64(48-56)75(61-24-7-2-8-25-61,62-26-9-3-10-27-62)63-28-11-4-12-29-63/h1-35,37,39-50H,36,38H2. The van der Waals surface area contributed by atoms with Gasteiger partial charge in [0, 0.05) is 32.9 Å². The summed E-state index contributed by atoms with van der Waals surface area (Å²) in [5, 5.41) is 10.6. The van der Waals surface area contributed by atoms with E-state index in [1.165, 1.54) is 115 Å².